The number of guanidine groups is 1. The Morgan fingerprint density at radius 1 is 1.27 bits per heavy atom. The first-order valence-corrected chi connectivity index (χ1v) is 7.63. The summed E-state index contributed by atoms with van der Waals surface area (Å²) in [4.78, 5) is 4.63. The molecule has 0 saturated carbocycles. The standard InChI is InChI=1S/C16H26N6/c1-6-17-16(18-9-14-7-8-21(4)11-14)19-10-15-12(2)20-22(5)13(15)3/h7-8,11H,6,9-10H2,1-5H3,(H2,17,18,19). The molecule has 0 amide bonds. The van der Waals surface area contributed by atoms with Gasteiger partial charge in [0, 0.05) is 50.8 Å². The van der Waals surface area contributed by atoms with Gasteiger partial charge < -0.3 is 15.2 Å². The van der Waals surface area contributed by atoms with Crippen molar-refractivity contribution in [3.8, 4) is 0 Å². The smallest absolute Gasteiger partial charge is 0.191 e. The van der Waals surface area contributed by atoms with Crippen LogP contribution in [0.4, 0.5) is 0 Å². The monoisotopic (exact) mass is 302 g/mol. The van der Waals surface area contributed by atoms with Gasteiger partial charge in [-0.05, 0) is 32.4 Å². The molecule has 120 valence electrons. The fraction of sp³-hybridized carbons (Fsp3) is 0.500. The molecular formula is C16H26N6. The number of nitrogens with zero attached hydrogens (tertiary/aromatic N) is 4. The molecule has 0 radical (unpaired) electrons. The third kappa shape index (κ3) is 3.90. The second-order valence-corrected chi connectivity index (χ2v) is 5.51. The summed E-state index contributed by atoms with van der Waals surface area (Å²) in [5.74, 6) is 0.828. The molecule has 6 nitrogen and oxygen atoms in total. The van der Waals surface area contributed by atoms with Gasteiger partial charge in [0.1, 0.15) is 0 Å². The first kappa shape index (κ1) is 16.1. The molecule has 2 aromatic rings. The summed E-state index contributed by atoms with van der Waals surface area (Å²) in [6.45, 7) is 8.43. The first-order chi connectivity index (χ1) is 10.5. The lowest BCUT2D eigenvalue weighted by atomic mass is 10.2. The summed E-state index contributed by atoms with van der Waals surface area (Å²) in [5, 5.41) is 11.1. The van der Waals surface area contributed by atoms with E-state index >= 15 is 0 Å². The Bertz CT molecular complexity index is 650. The van der Waals surface area contributed by atoms with Crippen molar-refractivity contribution in [2.24, 2.45) is 19.1 Å². The molecule has 0 fully saturated rings. The van der Waals surface area contributed by atoms with Crippen LogP contribution in [0.5, 0.6) is 0 Å². The van der Waals surface area contributed by atoms with Gasteiger partial charge in [0.15, 0.2) is 5.96 Å². The summed E-state index contributed by atoms with van der Waals surface area (Å²) in [6, 6.07) is 2.09. The second kappa shape index (κ2) is 7.15. The Balaban J connectivity index is 2.02. The van der Waals surface area contributed by atoms with Crippen LogP contribution >= 0.6 is 0 Å². The highest BCUT2D eigenvalue weighted by Crippen LogP contribution is 2.11. The van der Waals surface area contributed by atoms with Crippen LogP contribution in [0, 0.1) is 13.8 Å². The molecule has 0 aliphatic carbocycles. The van der Waals surface area contributed by atoms with Crippen LogP contribution in [-0.4, -0.2) is 26.9 Å². The minimum Gasteiger partial charge on any atom is -0.357 e. The maximum atomic E-state index is 4.63. The second-order valence-electron chi connectivity index (χ2n) is 5.51. The van der Waals surface area contributed by atoms with Crippen LogP contribution in [-0.2, 0) is 27.2 Å². The summed E-state index contributed by atoms with van der Waals surface area (Å²) >= 11 is 0. The van der Waals surface area contributed by atoms with Crippen molar-refractivity contribution in [1.82, 2.24) is 25.0 Å². The number of nitrogens with one attached hydrogen (secondary N) is 2. The third-order valence-electron chi connectivity index (χ3n) is 3.75. The summed E-state index contributed by atoms with van der Waals surface area (Å²) in [7, 11) is 3.99. The molecule has 2 rings (SSSR count). The Hall–Kier alpha value is -2.24. The first-order valence-electron chi connectivity index (χ1n) is 7.63. The molecule has 0 bridgehead atoms. The molecule has 2 N–H and O–H groups in total. The van der Waals surface area contributed by atoms with E-state index in [0.29, 0.717) is 6.54 Å². The van der Waals surface area contributed by atoms with Crippen molar-refractivity contribution < 1.29 is 0 Å². The highest BCUT2D eigenvalue weighted by atomic mass is 15.3. The van der Waals surface area contributed by atoms with E-state index in [4.69, 9.17) is 0 Å². The van der Waals surface area contributed by atoms with Gasteiger partial charge in [-0.3, -0.25) is 4.68 Å². The zero-order chi connectivity index (χ0) is 16.1. The Morgan fingerprint density at radius 2 is 2.05 bits per heavy atom. The van der Waals surface area contributed by atoms with Crippen molar-refractivity contribution in [3.63, 3.8) is 0 Å². The molecule has 2 heterocycles. The highest BCUT2D eigenvalue weighted by molar-refractivity contribution is 5.79. The molecule has 0 aliphatic rings. The van der Waals surface area contributed by atoms with Crippen molar-refractivity contribution in [1.29, 1.82) is 0 Å². The number of hydrogen-bond acceptors (Lipinski definition) is 2. The van der Waals surface area contributed by atoms with Crippen molar-refractivity contribution in [3.05, 3.63) is 41.0 Å². The van der Waals surface area contributed by atoms with Crippen molar-refractivity contribution >= 4 is 5.96 Å². The maximum absolute atomic E-state index is 4.63. The average Bonchev–Trinajstić information content (AvgIpc) is 2.99. The number of hydrogen-bond donors (Lipinski definition) is 2. The topological polar surface area (TPSA) is 59.2 Å². The van der Waals surface area contributed by atoms with Gasteiger partial charge in [0.2, 0.25) is 0 Å². The zero-order valence-corrected chi connectivity index (χ0v) is 14.1. The molecule has 22 heavy (non-hydrogen) atoms. The fourth-order valence-corrected chi connectivity index (χ4v) is 2.41. The van der Waals surface area contributed by atoms with Crippen LogP contribution < -0.4 is 10.6 Å². The predicted molar refractivity (Wildman–Crippen MR) is 89.8 cm³/mol. The van der Waals surface area contributed by atoms with Gasteiger partial charge in [-0.1, -0.05) is 0 Å². The van der Waals surface area contributed by atoms with E-state index in [-0.39, 0.29) is 0 Å². The Morgan fingerprint density at radius 3 is 2.59 bits per heavy atom. The van der Waals surface area contributed by atoms with E-state index in [1.807, 2.05) is 36.5 Å². The van der Waals surface area contributed by atoms with Gasteiger partial charge >= 0.3 is 0 Å². The van der Waals surface area contributed by atoms with Gasteiger partial charge in [-0.2, -0.15) is 5.10 Å². The molecule has 0 unspecified atom stereocenters. The molecule has 0 aliphatic heterocycles. The van der Waals surface area contributed by atoms with Crippen LogP contribution in [0.2, 0.25) is 0 Å². The molecular weight excluding hydrogens is 276 g/mol. The zero-order valence-electron chi connectivity index (χ0n) is 14.1. The molecule has 0 aromatic carbocycles. The maximum Gasteiger partial charge on any atom is 0.191 e. The fourth-order valence-electron chi connectivity index (χ4n) is 2.41. The molecule has 0 spiro atoms. The lowest BCUT2D eigenvalue weighted by Gasteiger charge is -2.11. The normalized spacial score (nSPS) is 11.8. The number of aliphatic imine (C=N–C) groups is 1. The van der Waals surface area contributed by atoms with E-state index in [1.54, 1.807) is 0 Å². The highest BCUT2D eigenvalue weighted by Gasteiger charge is 2.09. The largest absolute Gasteiger partial charge is 0.357 e. The van der Waals surface area contributed by atoms with E-state index < -0.39 is 0 Å². The molecule has 2 aromatic heterocycles. The van der Waals surface area contributed by atoms with E-state index in [1.165, 1.54) is 16.8 Å². The van der Waals surface area contributed by atoms with Crippen LogP contribution in [0.15, 0.2) is 23.5 Å². The van der Waals surface area contributed by atoms with Crippen LogP contribution in [0.1, 0.15) is 29.4 Å². The Kier molecular flexibility index (Phi) is 5.25. The molecule has 0 saturated heterocycles. The minimum atomic E-state index is 0.668. The van der Waals surface area contributed by atoms with E-state index in [0.717, 1.165) is 24.7 Å². The van der Waals surface area contributed by atoms with Gasteiger partial charge in [0.25, 0.3) is 0 Å². The lowest BCUT2D eigenvalue weighted by Crippen LogP contribution is -2.37. The third-order valence-corrected chi connectivity index (χ3v) is 3.75. The van der Waals surface area contributed by atoms with Gasteiger partial charge in [-0.15, -0.1) is 0 Å². The molecule has 0 atom stereocenters. The van der Waals surface area contributed by atoms with Crippen LogP contribution in [0.3, 0.4) is 0 Å². The number of aryl methyl sites for hydroxylation is 3. The van der Waals surface area contributed by atoms with Crippen molar-refractivity contribution in [2.45, 2.75) is 33.9 Å². The summed E-state index contributed by atoms with van der Waals surface area (Å²) in [5.41, 5.74) is 4.68. The molecule has 6 heteroatoms. The minimum absolute atomic E-state index is 0.668. The van der Waals surface area contributed by atoms with Crippen LogP contribution in [0.25, 0.3) is 0 Å². The number of aromatic nitrogens is 3. The van der Waals surface area contributed by atoms with Gasteiger partial charge in [0.05, 0.1) is 12.2 Å². The average molecular weight is 302 g/mol. The van der Waals surface area contributed by atoms with Gasteiger partial charge in [-0.25, -0.2) is 4.99 Å². The SMILES string of the molecule is CCNC(=NCc1ccn(C)c1)NCc1c(C)nn(C)c1C. The Labute approximate surface area is 132 Å². The van der Waals surface area contributed by atoms with Crippen molar-refractivity contribution in [2.75, 3.05) is 6.54 Å². The van der Waals surface area contributed by atoms with E-state index in [9.17, 15) is 0 Å². The summed E-state index contributed by atoms with van der Waals surface area (Å²) < 4.78 is 3.95. The quantitative estimate of drug-likeness (QED) is 0.652. The lowest BCUT2D eigenvalue weighted by molar-refractivity contribution is 0.728. The summed E-state index contributed by atoms with van der Waals surface area (Å²) in [6.07, 6.45) is 4.12. The predicted octanol–water partition coefficient (Wildman–Crippen LogP) is 1.63. The number of rotatable bonds is 5. The van der Waals surface area contributed by atoms with E-state index in [2.05, 4.69) is 46.8 Å².